The van der Waals surface area contributed by atoms with Crippen molar-refractivity contribution >= 4 is 6.29 Å². The number of aldehydes is 1. The minimum absolute atomic E-state index is 0.666. The average molecular weight is 243 g/mol. The van der Waals surface area contributed by atoms with Crippen molar-refractivity contribution in [2.24, 2.45) is 5.92 Å². The number of rotatable bonds is 2. The largest absolute Gasteiger partial charge is 0.300 e. The molecule has 2 fully saturated rings. The number of carbonyl (C=O) groups is 1. The van der Waals surface area contributed by atoms with Crippen LogP contribution in [0.5, 0.6) is 0 Å². The van der Waals surface area contributed by atoms with Gasteiger partial charge in [0.25, 0.3) is 0 Å². The number of benzene rings is 1. The van der Waals surface area contributed by atoms with Crippen molar-refractivity contribution < 1.29 is 4.79 Å². The summed E-state index contributed by atoms with van der Waals surface area (Å²) in [7, 11) is 2.28. The van der Waals surface area contributed by atoms with Crippen LogP contribution in [0.2, 0.25) is 0 Å². The van der Waals surface area contributed by atoms with E-state index in [9.17, 15) is 4.79 Å². The van der Waals surface area contributed by atoms with Gasteiger partial charge in [-0.2, -0.15) is 0 Å². The summed E-state index contributed by atoms with van der Waals surface area (Å²) in [6.45, 7) is 2.39. The fourth-order valence-corrected chi connectivity index (χ4v) is 4.00. The second-order valence-electron chi connectivity index (χ2n) is 5.95. The van der Waals surface area contributed by atoms with E-state index < -0.39 is 0 Å². The highest BCUT2D eigenvalue weighted by Gasteiger charge is 2.43. The summed E-state index contributed by atoms with van der Waals surface area (Å²) in [6, 6.07) is 9.72. The van der Waals surface area contributed by atoms with Crippen LogP contribution >= 0.6 is 0 Å². The smallest absolute Gasteiger partial charge is 0.150 e. The lowest BCUT2D eigenvalue weighted by molar-refractivity contribution is 0.110. The molecule has 2 bridgehead atoms. The lowest BCUT2D eigenvalue weighted by Gasteiger charge is -2.41. The fourth-order valence-electron chi connectivity index (χ4n) is 4.00. The molecule has 2 heteroatoms. The molecule has 2 aliphatic heterocycles. The topological polar surface area (TPSA) is 20.3 Å². The van der Waals surface area contributed by atoms with Crippen LogP contribution in [-0.2, 0) is 0 Å². The van der Waals surface area contributed by atoms with Gasteiger partial charge in [0.2, 0.25) is 0 Å². The molecular weight excluding hydrogens is 222 g/mol. The first-order valence-corrected chi connectivity index (χ1v) is 6.98. The Bertz CT molecular complexity index is 439. The molecular formula is C16H21NO. The molecule has 1 aromatic rings. The molecule has 0 amide bonds. The van der Waals surface area contributed by atoms with Gasteiger partial charge >= 0.3 is 0 Å². The molecule has 4 atom stereocenters. The van der Waals surface area contributed by atoms with Crippen LogP contribution in [0, 0.1) is 5.92 Å². The molecule has 3 rings (SSSR count). The molecule has 0 N–H and O–H groups in total. The molecule has 96 valence electrons. The Kier molecular flexibility index (Phi) is 2.98. The molecule has 18 heavy (non-hydrogen) atoms. The zero-order valence-corrected chi connectivity index (χ0v) is 11.2. The Labute approximate surface area is 109 Å². The third-order valence-corrected chi connectivity index (χ3v) is 5.16. The van der Waals surface area contributed by atoms with Crippen molar-refractivity contribution in [1.29, 1.82) is 0 Å². The highest BCUT2D eigenvalue weighted by Crippen LogP contribution is 2.45. The van der Waals surface area contributed by atoms with E-state index in [2.05, 4.69) is 31.0 Å². The van der Waals surface area contributed by atoms with Gasteiger partial charge < -0.3 is 4.90 Å². The molecule has 0 radical (unpaired) electrons. The Morgan fingerprint density at radius 1 is 1.22 bits per heavy atom. The summed E-state index contributed by atoms with van der Waals surface area (Å²) in [5.41, 5.74) is 2.19. The van der Waals surface area contributed by atoms with Crippen LogP contribution in [0.4, 0.5) is 0 Å². The minimum atomic E-state index is 0.666. The lowest BCUT2D eigenvalue weighted by Crippen LogP contribution is -2.44. The van der Waals surface area contributed by atoms with Gasteiger partial charge in [-0.25, -0.2) is 0 Å². The van der Waals surface area contributed by atoms with E-state index in [1.807, 2.05) is 12.1 Å². The van der Waals surface area contributed by atoms with Crippen molar-refractivity contribution in [3.63, 3.8) is 0 Å². The van der Waals surface area contributed by atoms with Crippen LogP contribution in [0.25, 0.3) is 0 Å². The van der Waals surface area contributed by atoms with E-state index in [0.717, 1.165) is 29.9 Å². The van der Waals surface area contributed by atoms with Gasteiger partial charge in [0.05, 0.1) is 0 Å². The van der Waals surface area contributed by atoms with Crippen LogP contribution in [0.15, 0.2) is 24.3 Å². The van der Waals surface area contributed by atoms with E-state index in [1.165, 1.54) is 24.8 Å². The minimum Gasteiger partial charge on any atom is -0.300 e. The van der Waals surface area contributed by atoms with Gasteiger partial charge in [-0.05, 0) is 43.7 Å². The molecule has 2 saturated heterocycles. The van der Waals surface area contributed by atoms with E-state index in [1.54, 1.807) is 0 Å². The molecule has 0 aliphatic carbocycles. The van der Waals surface area contributed by atoms with Gasteiger partial charge in [0, 0.05) is 17.6 Å². The van der Waals surface area contributed by atoms with Gasteiger partial charge in [0.15, 0.2) is 0 Å². The standard InChI is InChI=1S/C16H21NO/c1-11-15(9-14-7-8-16(11)17(14)2)13-5-3-12(10-18)4-6-13/h3-6,10-11,14-16H,7-9H2,1-2H3. The molecule has 0 aromatic heterocycles. The highest BCUT2D eigenvalue weighted by atomic mass is 16.1. The number of piperidine rings is 1. The van der Waals surface area contributed by atoms with Crippen LogP contribution in [0.1, 0.15) is 48.0 Å². The molecule has 2 nitrogen and oxygen atoms in total. The third kappa shape index (κ3) is 1.79. The number of carbonyl (C=O) groups excluding carboxylic acids is 1. The van der Waals surface area contributed by atoms with Gasteiger partial charge in [-0.15, -0.1) is 0 Å². The average Bonchev–Trinajstić information content (AvgIpc) is 2.66. The van der Waals surface area contributed by atoms with Gasteiger partial charge in [0.1, 0.15) is 6.29 Å². The quantitative estimate of drug-likeness (QED) is 0.744. The highest BCUT2D eigenvalue weighted by molar-refractivity contribution is 5.74. The van der Waals surface area contributed by atoms with Crippen molar-refractivity contribution in [2.45, 2.75) is 44.2 Å². The third-order valence-electron chi connectivity index (χ3n) is 5.16. The maximum Gasteiger partial charge on any atom is 0.150 e. The monoisotopic (exact) mass is 243 g/mol. The summed E-state index contributed by atoms with van der Waals surface area (Å²) in [5, 5.41) is 0. The SMILES string of the molecule is CC1C(c2ccc(C=O)cc2)CC2CCC1N2C. The Hall–Kier alpha value is -1.15. The van der Waals surface area contributed by atoms with Crippen molar-refractivity contribution in [2.75, 3.05) is 7.05 Å². The predicted molar refractivity (Wildman–Crippen MR) is 72.9 cm³/mol. The normalized spacial score (nSPS) is 35.7. The summed E-state index contributed by atoms with van der Waals surface area (Å²) in [6.07, 6.45) is 4.90. The Morgan fingerprint density at radius 2 is 1.94 bits per heavy atom. The van der Waals surface area contributed by atoms with E-state index in [0.29, 0.717) is 5.92 Å². The van der Waals surface area contributed by atoms with Crippen LogP contribution < -0.4 is 0 Å². The summed E-state index contributed by atoms with van der Waals surface area (Å²) >= 11 is 0. The second kappa shape index (κ2) is 4.51. The summed E-state index contributed by atoms with van der Waals surface area (Å²) < 4.78 is 0. The predicted octanol–water partition coefficient (Wildman–Crippen LogP) is 3.09. The van der Waals surface area contributed by atoms with E-state index in [4.69, 9.17) is 0 Å². The van der Waals surface area contributed by atoms with Crippen LogP contribution in [0.3, 0.4) is 0 Å². The molecule has 1 aromatic carbocycles. The summed E-state index contributed by atoms with van der Waals surface area (Å²) in [4.78, 5) is 13.3. The summed E-state index contributed by atoms with van der Waals surface area (Å²) in [5.74, 6) is 1.38. The maximum absolute atomic E-state index is 10.7. The van der Waals surface area contributed by atoms with Gasteiger partial charge in [-0.3, -0.25) is 4.79 Å². The number of hydrogen-bond acceptors (Lipinski definition) is 2. The Balaban J connectivity index is 1.86. The van der Waals surface area contributed by atoms with Crippen molar-refractivity contribution in [1.82, 2.24) is 4.90 Å². The maximum atomic E-state index is 10.7. The molecule has 0 spiro atoms. The molecule has 4 unspecified atom stereocenters. The number of hydrogen-bond donors (Lipinski definition) is 0. The first-order chi connectivity index (χ1) is 8.70. The van der Waals surface area contributed by atoms with Crippen molar-refractivity contribution in [3.8, 4) is 0 Å². The first-order valence-electron chi connectivity index (χ1n) is 6.98. The zero-order valence-electron chi connectivity index (χ0n) is 11.2. The molecule has 2 aliphatic rings. The van der Waals surface area contributed by atoms with E-state index in [-0.39, 0.29) is 0 Å². The molecule has 2 heterocycles. The fraction of sp³-hybridized carbons (Fsp3) is 0.562. The zero-order chi connectivity index (χ0) is 12.7. The second-order valence-corrected chi connectivity index (χ2v) is 5.95. The lowest BCUT2D eigenvalue weighted by atomic mass is 9.77. The number of nitrogens with zero attached hydrogens (tertiary/aromatic N) is 1. The van der Waals surface area contributed by atoms with Crippen molar-refractivity contribution in [3.05, 3.63) is 35.4 Å². The molecule has 0 saturated carbocycles. The van der Waals surface area contributed by atoms with Crippen LogP contribution in [-0.4, -0.2) is 30.3 Å². The van der Waals surface area contributed by atoms with E-state index >= 15 is 0 Å². The Morgan fingerprint density at radius 3 is 2.61 bits per heavy atom. The van der Waals surface area contributed by atoms with Gasteiger partial charge in [-0.1, -0.05) is 31.2 Å². The number of fused-ring (bicyclic) bond motifs is 2. The first kappa shape index (κ1) is 11.9.